The predicted molar refractivity (Wildman–Crippen MR) is 78.2 cm³/mol. The Morgan fingerprint density at radius 3 is 2.55 bits per heavy atom. The molecule has 0 atom stereocenters. The molecule has 110 valence electrons. The average molecular weight is 296 g/mol. The summed E-state index contributed by atoms with van der Waals surface area (Å²) in [4.78, 5) is 27.7. The van der Waals surface area contributed by atoms with Crippen LogP contribution in [0.1, 0.15) is 29.1 Å². The number of nitrogens with zero attached hydrogens (tertiary/aromatic N) is 2. The minimum atomic E-state index is -0.221. The second-order valence-electron chi connectivity index (χ2n) is 4.84. The van der Waals surface area contributed by atoms with Gasteiger partial charge in [0.2, 0.25) is 0 Å². The summed E-state index contributed by atoms with van der Waals surface area (Å²) in [6, 6.07) is 1.96. The smallest absolute Gasteiger partial charge is 0.409 e. The summed E-state index contributed by atoms with van der Waals surface area (Å²) in [5, 5.41) is 2.04. The average Bonchev–Trinajstić information content (AvgIpc) is 2.88. The van der Waals surface area contributed by atoms with Crippen LogP contribution in [0.2, 0.25) is 0 Å². The first-order valence-electron chi connectivity index (χ1n) is 6.82. The van der Waals surface area contributed by atoms with Crippen molar-refractivity contribution in [2.45, 2.75) is 20.4 Å². The molecule has 0 saturated carbocycles. The number of amides is 1. The first-order chi connectivity index (χ1) is 9.60. The zero-order chi connectivity index (χ0) is 14.5. The van der Waals surface area contributed by atoms with Crippen LogP contribution in [0.15, 0.2) is 11.4 Å². The van der Waals surface area contributed by atoms with Gasteiger partial charge in [0.25, 0.3) is 0 Å². The molecule has 2 rings (SSSR count). The lowest BCUT2D eigenvalue weighted by Gasteiger charge is -2.33. The first kappa shape index (κ1) is 15.0. The van der Waals surface area contributed by atoms with Gasteiger partial charge in [-0.1, -0.05) is 0 Å². The van der Waals surface area contributed by atoms with E-state index < -0.39 is 0 Å². The standard InChI is InChI=1S/C14H20N2O3S/c1-3-19-14(18)16-6-4-15(5-7-16)9-12-8-13(11(2)17)20-10-12/h8,10H,3-7,9H2,1-2H3. The van der Waals surface area contributed by atoms with E-state index in [2.05, 4.69) is 4.90 Å². The minimum Gasteiger partial charge on any atom is -0.450 e. The molecule has 1 aromatic rings. The molecule has 0 radical (unpaired) electrons. The van der Waals surface area contributed by atoms with Crippen molar-refractivity contribution >= 4 is 23.2 Å². The molecule has 5 nitrogen and oxygen atoms in total. The van der Waals surface area contributed by atoms with E-state index in [9.17, 15) is 9.59 Å². The van der Waals surface area contributed by atoms with E-state index in [0.29, 0.717) is 19.7 Å². The first-order valence-corrected chi connectivity index (χ1v) is 7.70. The quantitative estimate of drug-likeness (QED) is 0.800. The Morgan fingerprint density at radius 1 is 1.30 bits per heavy atom. The lowest BCUT2D eigenvalue weighted by atomic mass is 10.2. The van der Waals surface area contributed by atoms with Crippen LogP contribution in [-0.2, 0) is 11.3 Å². The molecular weight excluding hydrogens is 276 g/mol. The highest BCUT2D eigenvalue weighted by Gasteiger charge is 2.22. The Bertz CT molecular complexity index is 479. The van der Waals surface area contributed by atoms with Crippen LogP contribution in [0.4, 0.5) is 4.79 Å². The molecule has 0 bridgehead atoms. The third kappa shape index (κ3) is 3.80. The van der Waals surface area contributed by atoms with Crippen LogP contribution in [0.3, 0.4) is 0 Å². The lowest BCUT2D eigenvalue weighted by Crippen LogP contribution is -2.48. The molecule has 1 aromatic heterocycles. The molecule has 1 aliphatic heterocycles. The number of ether oxygens (including phenoxy) is 1. The Kier molecular flexibility index (Phi) is 5.14. The maximum Gasteiger partial charge on any atom is 0.409 e. The van der Waals surface area contributed by atoms with Crippen molar-refractivity contribution < 1.29 is 14.3 Å². The highest BCUT2D eigenvalue weighted by atomic mass is 32.1. The van der Waals surface area contributed by atoms with Crippen LogP contribution in [0.5, 0.6) is 0 Å². The molecule has 0 aromatic carbocycles. The van der Waals surface area contributed by atoms with Crippen molar-refractivity contribution in [2.24, 2.45) is 0 Å². The number of rotatable bonds is 4. The van der Waals surface area contributed by atoms with Gasteiger partial charge in [0, 0.05) is 32.7 Å². The summed E-state index contributed by atoms with van der Waals surface area (Å²) in [5.41, 5.74) is 1.17. The molecule has 0 unspecified atom stereocenters. The maximum atomic E-state index is 11.6. The van der Waals surface area contributed by atoms with Crippen molar-refractivity contribution in [1.82, 2.24) is 9.80 Å². The number of ketones is 1. The molecule has 1 amide bonds. The highest BCUT2D eigenvalue weighted by Crippen LogP contribution is 2.17. The summed E-state index contributed by atoms with van der Waals surface area (Å²) in [6.45, 7) is 7.73. The number of carbonyl (C=O) groups excluding carboxylic acids is 2. The van der Waals surface area contributed by atoms with Crippen molar-refractivity contribution in [1.29, 1.82) is 0 Å². The number of piperazine rings is 1. The van der Waals surface area contributed by atoms with Crippen LogP contribution >= 0.6 is 11.3 Å². The Balaban J connectivity index is 1.82. The van der Waals surface area contributed by atoms with Crippen LogP contribution in [0, 0.1) is 0 Å². The molecule has 0 aliphatic carbocycles. The van der Waals surface area contributed by atoms with Crippen molar-refractivity contribution in [2.75, 3.05) is 32.8 Å². The van der Waals surface area contributed by atoms with Gasteiger partial charge in [-0.15, -0.1) is 11.3 Å². The lowest BCUT2D eigenvalue weighted by molar-refractivity contribution is 0.0778. The molecule has 20 heavy (non-hydrogen) atoms. The van der Waals surface area contributed by atoms with E-state index in [4.69, 9.17) is 4.74 Å². The third-order valence-corrected chi connectivity index (χ3v) is 4.39. The molecule has 6 heteroatoms. The predicted octanol–water partition coefficient (Wildman–Crippen LogP) is 2.22. The fraction of sp³-hybridized carbons (Fsp3) is 0.571. The number of carbonyl (C=O) groups is 2. The van der Waals surface area contributed by atoms with E-state index in [1.54, 1.807) is 11.8 Å². The van der Waals surface area contributed by atoms with E-state index >= 15 is 0 Å². The van der Waals surface area contributed by atoms with Gasteiger partial charge in [0.05, 0.1) is 11.5 Å². The highest BCUT2D eigenvalue weighted by molar-refractivity contribution is 7.12. The molecular formula is C14H20N2O3S. The number of hydrogen-bond acceptors (Lipinski definition) is 5. The van der Waals surface area contributed by atoms with Gasteiger partial charge in [-0.3, -0.25) is 9.69 Å². The van der Waals surface area contributed by atoms with Gasteiger partial charge in [-0.2, -0.15) is 0 Å². The van der Waals surface area contributed by atoms with Crippen molar-refractivity contribution in [3.05, 3.63) is 21.9 Å². The zero-order valence-electron chi connectivity index (χ0n) is 11.9. The number of hydrogen-bond donors (Lipinski definition) is 0. The van der Waals surface area contributed by atoms with Crippen LogP contribution in [0.25, 0.3) is 0 Å². The fourth-order valence-corrected chi connectivity index (χ4v) is 3.01. The van der Waals surface area contributed by atoms with E-state index in [1.165, 1.54) is 16.9 Å². The van der Waals surface area contributed by atoms with Crippen LogP contribution in [-0.4, -0.2) is 54.5 Å². The van der Waals surface area contributed by atoms with E-state index in [0.717, 1.165) is 24.5 Å². The summed E-state index contributed by atoms with van der Waals surface area (Å²) in [6.07, 6.45) is -0.221. The largest absolute Gasteiger partial charge is 0.450 e. The number of Topliss-reactive ketones (excluding diaryl/α,β-unsaturated/α-hetero) is 1. The summed E-state index contributed by atoms with van der Waals surface area (Å²) < 4.78 is 5.00. The van der Waals surface area contributed by atoms with Crippen molar-refractivity contribution in [3.63, 3.8) is 0 Å². The van der Waals surface area contributed by atoms with Crippen molar-refractivity contribution in [3.8, 4) is 0 Å². The summed E-state index contributed by atoms with van der Waals surface area (Å²) >= 11 is 1.50. The second-order valence-corrected chi connectivity index (χ2v) is 5.75. The SMILES string of the molecule is CCOC(=O)N1CCN(Cc2csc(C(C)=O)c2)CC1. The van der Waals surface area contributed by atoms with E-state index in [1.807, 2.05) is 18.4 Å². The Labute approximate surface area is 123 Å². The monoisotopic (exact) mass is 296 g/mol. The second kappa shape index (κ2) is 6.85. The molecule has 0 spiro atoms. The molecule has 0 N–H and O–H groups in total. The molecule has 1 aliphatic rings. The summed E-state index contributed by atoms with van der Waals surface area (Å²) in [5.74, 6) is 0.119. The van der Waals surface area contributed by atoms with Gasteiger partial charge < -0.3 is 9.64 Å². The van der Waals surface area contributed by atoms with Crippen LogP contribution < -0.4 is 0 Å². The summed E-state index contributed by atoms with van der Waals surface area (Å²) in [7, 11) is 0. The fourth-order valence-electron chi connectivity index (χ4n) is 2.20. The van der Waals surface area contributed by atoms with Gasteiger partial charge in [0.1, 0.15) is 0 Å². The van der Waals surface area contributed by atoms with Gasteiger partial charge in [-0.25, -0.2) is 4.79 Å². The molecule has 1 fully saturated rings. The Morgan fingerprint density at radius 2 is 2.00 bits per heavy atom. The zero-order valence-corrected chi connectivity index (χ0v) is 12.7. The third-order valence-electron chi connectivity index (χ3n) is 3.31. The maximum absolute atomic E-state index is 11.6. The molecule has 2 heterocycles. The Hall–Kier alpha value is -1.40. The number of thiophene rings is 1. The molecule has 1 saturated heterocycles. The normalized spacial score (nSPS) is 16.2. The van der Waals surface area contributed by atoms with E-state index in [-0.39, 0.29) is 11.9 Å². The topological polar surface area (TPSA) is 49.9 Å². The minimum absolute atomic E-state index is 0.119. The van der Waals surface area contributed by atoms with Gasteiger partial charge in [0.15, 0.2) is 5.78 Å². The van der Waals surface area contributed by atoms with Gasteiger partial charge >= 0.3 is 6.09 Å². The van der Waals surface area contributed by atoms with Gasteiger partial charge in [-0.05, 0) is 30.9 Å².